The first-order valence-corrected chi connectivity index (χ1v) is 9.77. The normalized spacial score (nSPS) is 12.1. The molecule has 0 fully saturated rings. The minimum absolute atomic E-state index is 0.0558. The van der Waals surface area contributed by atoms with Crippen LogP contribution < -0.4 is 10.2 Å². The molecule has 33 heavy (non-hydrogen) atoms. The van der Waals surface area contributed by atoms with Crippen molar-refractivity contribution in [2.45, 2.75) is 12.8 Å². The number of methoxy groups -OCH3 is 1. The standard InChI is InChI=1S/C24H20O9/c1-10(12-6-17(29)23(31)18(30)7-12)21-14(26)8-15(27)22-16(28)9-20(33-24(21)22)11-3-4-19(32-2)13(25)5-11/h3-10,25-27,29-31H,1-2H3. The van der Waals surface area contributed by atoms with Crippen LogP contribution in [-0.2, 0) is 0 Å². The molecular weight excluding hydrogens is 432 g/mol. The van der Waals surface area contributed by atoms with Gasteiger partial charge in [-0.3, -0.25) is 4.79 Å². The molecule has 9 nitrogen and oxygen atoms in total. The molecule has 0 aliphatic heterocycles. The fourth-order valence-corrected chi connectivity index (χ4v) is 3.77. The van der Waals surface area contributed by atoms with Crippen LogP contribution in [0.4, 0.5) is 0 Å². The van der Waals surface area contributed by atoms with Crippen molar-refractivity contribution in [1.29, 1.82) is 0 Å². The highest BCUT2D eigenvalue weighted by Crippen LogP contribution is 2.44. The largest absolute Gasteiger partial charge is 0.507 e. The maximum atomic E-state index is 12.9. The molecule has 4 aromatic rings. The molecule has 0 radical (unpaired) electrons. The van der Waals surface area contributed by atoms with Crippen LogP contribution in [-0.4, -0.2) is 37.7 Å². The van der Waals surface area contributed by atoms with E-state index in [1.54, 1.807) is 13.0 Å². The third-order valence-corrected chi connectivity index (χ3v) is 5.49. The highest BCUT2D eigenvalue weighted by atomic mass is 16.5. The fraction of sp³-hybridized carbons (Fsp3) is 0.125. The molecule has 0 spiro atoms. The number of hydrogen-bond acceptors (Lipinski definition) is 9. The summed E-state index contributed by atoms with van der Waals surface area (Å²) in [6.07, 6.45) is 0. The molecule has 0 amide bonds. The second-order valence-corrected chi connectivity index (χ2v) is 7.52. The van der Waals surface area contributed by atoms with Crippen LogP contribution in [0.15, 0.2) is 51.7 Å². The summed E-state index contributed by atoms with van der Waals surface area (Å²) in [5, 5.41) is 60.3. The van der Waals surface area contributed by atoms with Gasteiger partial charge in [-0.05, 0) is 35.9 Å². The second kappa shape index (κ2) is 7.86. The van der Waals surface area contributed by atoms with E-state index in [2.05, 4.69) is 0 Å². The van der Waals surface area contributed by atoms with Crippen LogP contribution in [0.5, 0.6) is 40.2 Å². The van der Waals surface area contributed by atoms with Crippen molar-refractivity contribution in [3.05, 3.63) is 63.8 Å². The van der Waals surface area contributed by atoms with Crippen LogP contribution in [0.3, 0.4) is 0 Å². The average molecular weight is 452 g/mol. The third-order valence-electron chi connectivity index (χ3n) is 5.49. The highest BCUT2D eigenvalue weighted by Gasteiger charge is 2.25. The molecule has 0 saturated heterocycles. The number of phenolic OH excluding ortho intramolecular Hbond substituents is 6. The quantitative estimate of drug-likeness (QED) is 0.253. The molecule has 1 aromatic heterocycles. The molecule has 3 aromatic carbocycles. The number of hydrogen-bond donors (Lipinski definition) is 6. The average Bonchev–Trinajstić information content (AvgIpc) is 2.76. The van der Waals surface area contributed by atoms with Crippen molar-refractivity contribution < 1.29 is 39.8 Å². The van der Waals surface area contributed by atoms with Gasteiger partial charge in [-0.1, -0.05) is 6.92 Å². The van der Waals surface area contributed by atoms with Crippen LogP contribution in [0.25, 0.3) is 22.3 Å². The van der Waals surface area contributed by atoms with Gasteiger partial charge in [-0.2, -0.15) is 0 Å². The molecule has 0 aliphatic rings. The van der Waals surface area contributed by atoms with E-state index in [9.17, 15) is 35.4 Å². The minimum atomic E-state index is -0.756. The molecule has 0 bridgehead atoms. The van der Waals surface area contributed by atoms with Gasteiger partial charge in [0.2, 0.25) is 0 Å². The van der Waals surface area contributed by atoms with E-state index >= 15 is 0 Å². The van der Waals surface area contributed by atoms with E-state index in [1.165, 1.54) is 31.4 Å². The lowest BCUT2D eigenvalue weighted by atomic mass is 9.90. The Kier molecular flexibility index (Phi) is 5.17. The summed E-state index contributed by atoms with van der Waals surface area (Å²) in [6.45, 7) is 1.61. The van der Waals surface area contributed by atoms with E-state index in [0.717, 1.165) is 12.1 Å². The zero-order valence-electron chi connectivity index (χ0n) is 17.5. The lowest BCUT2D eigenvalue weighted by molar-refractivity contribution is 0.366. The molecule has 4 rings (SSSR count). The van der Waals surface area contributed by atoms with E-state index in [0.29, 0.717) is 11.1 Å². The summed E-state index contributed by atoms with van der Waals surface area (Å²) in [5.74, 6) is -3.39. The first kappa shape index (κ1) is 21.7. The number of ether oxygens (including phenoxy) is 1. The molecule has 0 aliphatic carbocycles. The molecule has 0 saturated carbocycles. The maximum Gasteiger partial charge on any atom is 0.200 e. The van der Waals surface area contributed by atoms with Crippen LogP contribution >= 0.6 is 0 Å². The monoisotopic (exact) mass is 452 g/mol. The van der Waals surface area contributed by atoms with Gasteiger partial charge in [0.1, 0.15) is 28.2 Å². The Hall–Kier alpha value is -4.53. The highest BCUT2D eigenvalue weighted by molar-refractivity contribution is 5.90. The molecule has 6 N–H and O–H groups in total. The fourth-order valence-electron chi connectivity index (χ4n) is 3.77. The van der Waals surface area contributed by atoms with Crippen molar-refractivity contribution in [2.75, 3.05) is 7.11 Å². The summed E-state index contributed by atoms with van der Waals surface area (Å²) < 4.78 is 11.0. The molecule has 1 atom stereocenters. The minimum Gasteiger partial charge on any atom is -0.507 e. The lowest BCUT2D eigenvalue weighted by Gasteiger charge is -2.18. The number of rotatable bonds is 4. The lowest BCUT2D eigenvalue weighted by Crippen LogP contribution is -2.05. The molecule has 1 unspecified atom stereocenters. The van der Waals surface area contributed by atoms with Gasteiger partial charge in [0.15, 0.2) is 34.2 Å². The van der Waals surface area contributed by atoms with Crippen molar-refractivity contribution in [2.24, 2.45) is 0 Å². The van der Waals surface area contributed by atoms with Gasteiger partial charge in [-0.25, -0.2) is 0 Å². The molecule has 1 heterocycles. The van der Waals surface area contributed by atoms with Crippen LogP contribution in [0, 0.1) is 0 Å². The van der Waals surface area contributed by atoms with Gasteiger partial charge < -0.3 is 39.8 Å². The Balaban J connectivity index is 1.99. The van der Waals surface area contributed by atoms with Crippen molar-refractivity contribution in [3.8, 4) is 51.6 Å². The van der Waals surface area contributed by atoms with E-state index in [-0.39, 0.29) is 33.8 Å². The van der Waals surface area contributed by atoms with Gasteiger partial charge in [-0.15, -0.1) is 0 Å². The zero-order chi connectivity index (χ0) is 24.0. The van der Waals surface area contributed by atoms with Crippen molar-refractivity contribution in [1.82, 2.24) is 0 Å². The summed E-state index contributed by atoms with van der Waals surface area (Å²) in [4.78, 5) is 12.9. The number of benzene rings is 3. The number of fused-ring (bicyclic) bond motifs is 1. The van der Waals surface area contributed by atoms with Gasteiger partial charge in [0, 0.05) is 29.2 Å². The Bertz CT molecular complexity index is 1430. The predicted molar refractivity (Wildman–Crippen MR) is 118 cm³/mol. The smallest absolute Gasteiger partial charge is 0.200 e. The Morgan fingerprint density at radius 3 is 2.09 bits per heavy atom. The molecule has 170 valence electrons. The van der Waals surface area contributed by atoms with Crippen LogP contribution in [0.2, 0.25) is 0 Å². The zero-order valence-corrected chi connectivity index (χ0v) is 17.5. The summed E-state index contributed by atoms with van der Waals surface area (Å²) in [5.41, 5.74) is 0.0200. The Morgan fingerprint density at radius 2 is 1.48 bits per heavy atom. The Morgan fingerprint density at radius 1 is 0.818 bits per heavy atom. The predicted octanol–water partition coefficient (Wildman–Crippen LogP) is 3.85. The van der Waals surface area contributed by atoms with Crippen molar-refractivity contribution in [3.63, 3.8) is 0 Å². The molecular formula is C24H20O9. The number of phenols is 6. The van der Waals surface area contributed by atoms with E-state index < -0.39 is 40.1 Å². The van der Waals surface area contributed by atoms with Gasteiger partial charge in [0.25, 0.3) is 0 Å². The van der Waals surface area contributed by atoms with Crippen molar-refractivity contribution >= 4 is 11.0 Å². The van der Waals surface area contributed by atoms with Crippen LogP contribution in [0.1, 0.15) is 24.0 Å². The first-order chi connectivity index (χ1) is 15.6. The maximum absolute atomic E-state index is 12.9. The third kappa shape index (κ3) is 3.59. The first-order valence-electron chi connectivity index (χ1n) is 9.77. The second-order valence-electron chi connectivity index (χ2n) is 7.52. The summed E-state index contributed by atoms with van der Waals surface area (Å²) >= 11 is 0. The summed E-state index contributed by atoms with van der Waals surface area (Å²) in [7, 11) is 1.39. The van der Waals surface area contributed by atoms with E-state index in [4.69, 9.17) is 9.15 Å². The van der Waals surface area contributed by atoms with Gasteiger partial charge in [0.05, 0.1) is 7.11 Å². The molecule has 9 heteroatoms. The Labute approximate surface area is 186 Å². The van der Waals surface area contributed by atoms with Gasteiger partial charge >= 0.3 is 0 Å². The summed E-state index contributed by atoms with van der Waals surface area (Å²) in [6, 6.07) is 8.93. The van der Waals surface area contributed by atoms with E-state index in [1.807, 2.05) is 0 Å². The number of aromatic hydroxyl groups is 6. The topological polar surface area (TPSA) is 161 Å². The SMILES string of the molecule is COc1ccc(-c2cc(=O)c3c(O)cc(O)c(C(C)c4cc(O)c(O)c(O)c4)c3o2)cc1O.